The van der Waals surface area contributed by atoms with Crippen LogP contribution in [-0.4, -0.2) is 25.3 Å². The van der Waals surface area contributed by atoms with E-state index < -0.39 is 9.84 Å². The molecule has 0 fully saturated rings. The fourth-order valence-corrected chi connectivity index (χ4v) is 6.47. The highest BCUT2D eigenvalue weighted by molar-refractivity contribution is 8.93. The second kappa shape index (κ2) is 10.0. The topological polar surface area (TPSA) is 65.1 Å². The summed E-state index contributed by atoms with van der Waals surface area (Å²) in [6, 6.07) is 24.8. The lowest BCUT2D eigenvalue weighted by atomic mass is 10.2. The molecule has 0 radical (unpaired) electrons. The quantitative estimate of drug-likeness (QED) is 0.331. The van der Waals surface area contributed by atoms with E-state index in [-0.39, 0.29) is 17.0 Å². The molecule has 0 aliphatic heterocycles. The number of para-hydroxylation sites is 1. The fraction of sp³-hybridized carbons (Fsp3) is 0.167. The van der Waals surface area contributed by atoms with E-state index >= 15 is 0 Å². The Bertz CT molecular complexity index is 1270. The summed E-state index contributed by atoms with van der Waals surface area (Å²) in [4.78, 5) is 0.682. The standard InChI is InChI=1S/C24H24N2O2S2.BrH/c1-18-11-13-20(14-12-18)30(27,28)23-21-9-5-6-10-22(21)26(24(23)29-16-15-25)17-19-7-3-2-4-8-19;/h2-14H,15-17,25H2,1H3;1H. The molecule has 0 unspecified atom stereocenters. The van der Waals surface area contributed by atoms with E-state index in [0.717, 1.165) is 27.1 Å². The first-order valence-corrected chi connectivity index (χ1v) is 12.3. The Morgan fingerprint density at radius 2 is 1.55 bits per heavy atom. The molecule has 0 amide bonds. The molecule has 0 aliphatic carbocycles. The normalized spacial score (nSPS) is 11.4. The van der Waals surface area contributed by atoms with Crippen LogP contribution in [-0.2, 0) is 16.4 Å². The largest absolute Gasteiger partial charge is 0.330 e. The minimum Gasteiger partial charge on any atom is -0.330 e. The van der Waals surface area contributed by atoms with E-state index in [1.165, 1.54) is 11.8 Å². The van der Waals surface area contributed by atoms with Crippen molar-refractivity contribution in [2.24, 2.45) is 5.73 Å². The summed E-state index contributed by atoms with van der Waals surface area (Å²) >= 11 is 1.50. The van der Waals surface area contributed by atoms with Gasteiger partial charge < -0.3 is 10.3 Å². The van der Waals surface area contributed by atoms with Gasteiger partial charge in [0.2, 0.25) is 9.84 Å². The van der Waals surface area contributed by atoms with Gasteiger partial charge >= 0.3 is 0 Å². The number of hydrogen-bond donors (Lipinski definition) is 1. The van der Waals surface area contributed by atoms with E-state index in [1.54, 1.807) is 12.1 Å². The van der Waals surface area contributed by atoms with Gasteiger partial charge in [0, 0.05) is 24.2 Å². The third-order valence-corrected chi connectivity index (χ3v) is 8.13. The van der Waals surface area contributed by atoms with E-state index in [4.69, 9.17) is 5.73 Å². The zero-order valence-corrected chi connectivity index (χ0v) is 20.5. The van der Waals surface area contributed by atoms with Gasteiger partial charge in [-0.05, 0) is 30.7 Å². The van der Waals surface area contributed by atoms with Gasteiger partial charge in [-0.1, -0.05) is 66.2 Å². The van der Waals surface area contributed by atoms with E-state index in [1.807, 2.05) is 61.5 Å². The van der Waals surface area contributed by atoms with Crippen molar-refractivity contribution in [3.63, 3.8) is 0 Å². The maximum atomic E-state index is 13.8. The van der Waals surface area contributed by atoms with Crippen LogP contribution in [0.4, 0.5) is 0 Å². The Hall–Kier alpha value is -2.06. The number of benzene rings is 3. The summed E-state index contributed by atoms with van der Waals surface area (Å²) in [5.41, 5.74) is 8.83. The molecule has 7 heteroatoms. The van der Waals surface area contributed by atoms with Crippen molar-refractivity contribution < 1.29 is 8.42 Å². The first-order valence-electron chi connectivity index (χ1n) is 9.82. The van der Waals surface area contributed by atoms with Crippen molar-refractivity contribution in [3.8, 4) is 0 Å². The number of halogens is 1. The highest BCUT2D eigenvalue weighted by atomic mass is 79.9. The van der Waals surface area contributed by atoms with Gasteiger partial charge in [-0.2, -0.15) is 0 Å². The summed E-state index contributed by atoms with van der Waals surface area (Å²) in [6.07, 6.45) is 0. The van der Waals surface area contributed by atoms with Crippen molar-refractivity contribution >= 4 is 49.5 Å². The SMILES string of the molecule is Br.Cc1ccc(S(=O)(=O)c2c(SCCN)n(Cc3ccccc3)c3ccccc23)cc1. The predicted octanol–water partition coefficient (Wildman–Crippen LogP) is 5.46. The van der Waals surface area contributed by atoms with Crippen LogP contribution in [0, 0.1) is 6.92 Å². The summed E-state index contributed by atoms with van der Waals surface area (Å²) in [5, 5.41) is 1.49. The number of aryl methyl sites for hydroxylation is 1. The molecule has 4 nitrogen and oxygen atoms in total. The summed E-state index contributed by atoms with van der Waals surface area (Å²) < 4.78 is 29.6. The Labute approximate surface area is 198 Å². The molecule has 4 rings (SSSR count). The molecule has 0 bridgehead atoms. The van der Waals surface area contributed by atoms with Crippen LogP contribution in [0.5, 0.6) is 0 Å². The number of rotatable bonds is 7. The van der Waals surface area contributed by atoms with Gasteiger partial charge in [0.05, 0.1) is 15.4 Å². The molecule has 0 spiro atoms. The number of thioether (sulfide) groups is 1. The maximum absolute atomic E-state index is 13.8. The van der Waals surface area contributed by atoms with Gasteiger partial charge in [0.15, 0.2) is 0 Å². The zero-order valence-electron chi connectivity index (χ0n) is 17.2. The van der Waals surface area contributed by atoms with E-state index in [9.17, 15) is 8.42 Å². The molecular weight excluding hydrogens is 492 g/mol. The lowest BCUT2D eigenvalue weighted by molar-refractivity contribution is 0.592. The minimum absolute atomic E-state index is 0. The number of fused-ring (bicyclic) bond motifs is 1. The Balaban J connectivity index is 0.00000272. The third kappa shape index (κ3) is 4.75. The van der Waals surface area contributed by atoms with Gasteiger partial charge in [-0.25, -0.2) is 8.42 Å². The smallest absolute Gasteiger partial charge is 0.209 e. The lowest BCUT2D eigenvalue weighted by Gasteiger charge is -2.12. The highest BCUT2D eigenvalue weighted by Crippen LogP contribution is 2.39. The van der Waals surface area contributed by atoms with Crippen LogP contribution in [0.25, 0.3) is 10.9 Å². The molecule has 0 saturated carbocycles. The summed E-state index contributed by atoms with van der Waals surface area (Å²) in [6.45, 7) is 3.02. The summed E-state index contributed by atoms with van der Waals surface area (Å²) in [5.74, 6) is 0.640. The first-order chi connectivity index (χ1) is 14.5. The monoisotopic (exact) mass is 516 g/mol. The molecule has 2 N–H and O–H groups in total. The molecule has 0 atom stereocenters. The molecule has 31 heavy (non-hydrogen) atoms. The van der Waals surface area contributed by atoms with Crippen LogP contribution in [0.1, 0.15) is 11.1 Å². The number of nitrogens with two attached hydrogens (primary N) is 1. The van der Waals surface area contributed by atoms with Gasteiger partial charge in [0.1, 0.15) is 4.90 Å². The first kappa shape index (κ1) is 23.6. The number of nitrogens with zero attached hydrogens (tertiary/aromatic N) is 1. The predicted molar refractivity (Wildman–Crippen MR) is 134 cm³/mol. The number of aromatic nitrogens is 1. The zero-order chi connectivity index (χ0) is 21.1. The number of hydrogen-bond acceptors (Lipinski definition) is 4. The van der Waals surface area contributed by atoms with Gasteiger partial charge in [0.25, 0.3) is 0 Å². The molecule has 1 aromatic heterocycles. The Kier molecular flexibility index (Phi) is 7.64. The van der Waals surface area contributed by atoms with Gasteiger partial charge in [-0.15, -0.1) is 28.7 Å². The average molecular weight is 518 g/mol. The molecule has 0 aliphatic rings. The Morgan fingerprint density at radius 3 is 2.23 bits per heavy atom. The van der Waals surface area contributed by atoms with Crippen LogP contribution in [0.3, 0.4) is 0 Å². The number of sulfone groups is 1. The van der Waals surface area contributed by atoms with Gasteiger partial charge in [-0.3, -0.25) is 0 Å². The molecular formula is C24H25BrN2O2S2. The van der Waals surface area contributed by atoms with E-state index in [0.29, 0.717) is 28.6 Å². The fourth-order valence-electron chi connectivity index (χ4n) is 3.57. The van der Waals surface area contributed by atoms with Crippen molar-refractivity contribution in [2.45, 2.75) is 28.3 Å². The maximum Gasteiger partial charge on any atom is 0.209 e. The molecule has 0 saturated heterocycles. The average Bonchev–Trinajstić information content (AvgIpc) is 3.07. The van der Waals surface area contributed by atoms with E-state index in [2.05, 4.69) is 16.7 Å². The van der Waals surface area contributed by atoms with Crippen molar-refractivity contribution in [2.75, 3.05) is 12.3 Å². The van der Waals surface area contributed by atoms with Crippen LogP contribution in [0.15, 0.2) is 93.7 Å². The minimum atomic E-state index is -3.70. The van der Waals surface area contributed by atoms with Crippen molar-refractivity contribution in [3.05, 3.63) is 90.0 Å². The molecule has 4 aromatic rings. The van der Waals surface area contributed by atoms with Crippen LogP contribution >= 0.6 is 28.7 Å². The Morgan fingerprint density at radius 1 is 0.903 bits per heavy atom. The van der Waals surface area contributed by atoms with Crippen molar-refractivity contribution in [1.82, 2.24) is 4.57 Å². The van der Waals surface area contributed by atoms with Crippen LogP contribution in [0.2, 0.25) is 0 Å². The second-order valence-electron chi connectivity index (χ2n) is 7.18. The summed E-state index contributed by atoms with van der Waals surface area (Å²) in [7, 11) is -3.70. The van der Waals surface area contributed by atoms with Crippen LogP contribution < -0.4 is 5.73 Å². The third-order valence-electron chi connectivity index (χ3n) is 5.02. The molecule has 3 aromatic carbocycles. The second-order valence-corrected chi connectivity index (χ2v) is 10.1. The molecule has 162 valence electrons. The lowest BCUT2D eigenvalue weighted by Crippen LogP contribution is -2.08. The van der Waals surface area contributed by atoms with Crippen molar-refractivity contribution in [1.29, 1.82) is 0 Å². The molecule has 1 heterocycles. The highest BCUT2D eigenvalue weighted by Gasteiger charge is 2.29.